The van der Waals surface area contributed by atoms with E-state index in [1.807, 2.05) is 11.0 Å². The number of carbonyl (C=O) groups is 2. The predicted octanol–water partition coefficient (Wildman–Crippen LogP) is 3.61. The van der Waals surface area contributed by atoms with Crippen molar-refractivity contribution in [3.05, 3.63) is 100 Å². The molecule has 1 aromatic heterocycles. The summed E-state index contributed by atoms with van der Waals surface area (Å²) in [6.07, 6.45) is 2.89. The maximum Gasteiger partial charge on any atom is 0.279 e. The van der Waals surface area contributed by atoms with Gasteiger partial charge in [0.15, 0.2) is 5.69 Å². The fourth-order valence-corrected chi connectivity index (χ4v) is 4.94. The molecule has 0 unspecified atom stereocenters. The Morgan fingerprint density at radius 3 is 2.26 bits per heavy atom. The van der Waals surface area contributed by atoms with Crippen molar-refractivity contribution in [2.45, 2.75) is 19.3 Å². The number of amides is 2. The number of likely N-dealkylation sites (tertiary alicyclic amines) is 1. The standard InChI is InChI=1S/C30H30N4O4/c1-38-24-13-11-23(12-14-24)34-30(37)26-10-6-5-9-25(26)28(32-34)29(36)31-20-27(35)33-17-15-22(16-18-33)19-21-7-3-2-4-8-21/h2-14,22H,15-20H2,1H3,(H,31,36). The first-order chi connectivity index (χ1) is 18.5. The molecule has 38 heavy (non-hydrogen) atoms. The summed E-state index contributed by atoms with van der Waals surface area (Å²) < 4.78 is 6.40. The quantitative estimate of drug-likeness (QED) is 0.410. The normalized spacial score (nSPS) is 13.9. The Morgan fingerprint density at radius 1 is 0.921 bits per heavy atom. The van der Waals surface area contributed by atoms with Crippen LogP contribution in [-0.2, 0) is 11.2 Å². The smallest absolute Gasteiger partial charge is 0.279 e. The Balaban J connectivity index is 1.27. The molecule has 8 heteroatoms. The van der Waals surface area contributed by atoms with E-state index in [1.54, 1.807) is 55.6 Å². The number of rotatable bonds is 7. The van der Waals surface area contributed by atoms with E-state index in [0.29, 0.717) is 41.2 Å². The van der Waals surface area contributed by atoms with Gasteiger partial charge in [-0.1, -0.05) is 48.5 Å². The van der Waals surface area contributed by atoms with Crippen LogP contribution in [0.2, 0.25) is 0 Å². The Hall–Kier alpha value is -4.46. The number of fused-ring (bicyclic) bond motifs is 1. The van der Waals surface area contributed by atoms with E-state index in [1.165, 1.54) is 10.2 Å². The minimum absolute atomic E-state index is 0.0883. The number of hydrogen-bond acceptors (Lipinski definition) is 5. The van der Waals surface area contributed by atoms with Crippen molar-refractivity contribution in [2.24, 2.45) is 5.92 Å². The van der Waals surface area contributed by atoms with Gasteiger partial charge in [-0.05, 0) is 61.1 Å². The number of benzene rings is 3. The zero-order chi connectivity index (χ0) is 26.5. The summed E-state index contributed by atoms with van der Waals surface area (Å²) in [6.45, 7) is 1.23. The molecule has 1 aliphatic heterocycles. The second kappa shape index (κ2) is 11.3. The zero-order valence-electron chi connectivity index (χ0n) is 21.3. The summed E-state index contributed by atoms with van der Waals surface area (Å²) in [5.74, 6) is 0.564. The maximum atomic E-state index is 13.2. The molecular weight excluding hydrogens is 480 g/mol. The highest BCUT2D eigenvalue weighted by Crippen LogP contribution is 2.22. The molecule has 1 aliphatic rings. The maximum absolute atomic E-state index is 13.2. The van der Waals surface area contributed by atoms with E-state index >= 15 is 0 Å². The highest BCUT2D eigenvalue weighted by atomic mass is 16.5. The predicted molar refractivity (Wildman–Crippen MR) is 146 cm³/mol. The summed E-state index contributed by atoms with van der Waals surface area (Å²) >= 11 is 0. The van der Waals surface area contributed by atoms with Crippen molar-refractivity contribution in [3.8, 4) is 11.4 Å². The van der Waals surface area contributed by atoms with Crippen LogP contribution >= 0.6 is 0 Å². The van der Waals surface area contributed by atoms with Crippen molar-refractivity contribution >= 4 is 22.6 Å². The number of nitrogens with one attached hydrogen (secondary N) is 1. The molecule has 194 valence electrons. The fourth-order valence-electron chi connectivity index (χ4n) is 4.94. The third kappa shape index (κ3) is 5.44. The van der Waals surface area contributed by atoms with Gasteiger partial charge in [0.05, 0.1) is 24.7 Å². The molecule has 8 nitrogen and oxygen atoms in total. The van der Waals surface area contributed by atoms with Gasteiger partial charge >= 0.3 is 0 Å². The van der Waals surface area contributed by atoms with Crippen LogP contribution in [0.25, 0.3) is 16.5 Å². The van der Waals surface area contributed by atoms with Crippen molar-refractivity contribution in [1.82, 2.24) is 20.0 Å². The lowest BCUT2D eigenvalue weighted by Crippen LogP contribution is -2.44. The third-order valence-corrected chi connectivity index (χ3v) is 7.07. The van der Waals surface area contributed by atoms with E-state index < -0.39 is 5.91 Å². The Morgan fingerprint density at radius 2 is 1.58 bits per heavy atom. The molecule has 0 radical (unpaired) electrons. The third-order valence-electron chi connectivity index (χ3n) is 7.07. The van der Waals surface area contributed by atoms with E-state index in [4.69, 9.17) is 4.74 Å². The van der Waals surface area contributed by atoms with Crippen LogP contribution < -0.4 is 15.6 Å². The van der Waals surface area contributed by atoms with Gasteiger partial charge in [-0.25, -0.2) is 0 Å². The number of hydrogen-bond donors (Lipinski definition) is 1. The van der Waals surface area contributed by atoms with Gasteiger partial charge in [0.2, 0.25) is 5.91 Å². The lowest BCUT2D eigenvalue weighted by Gasteiger charge is -2.32. The first-order valence-corrected chi connectivity index (χ1v) is 12.8. The van der Waals surface area contributed by atoms with E-state index in [0.717, 1.165) is 19.3 Å². The summed E-state index contributed by atoms with van der Waals surface area (Å²) in [5.41, 5.74) is 1.58. The topological polar surface area (TPSA) is 93.5 Å². The summed E-state index contributed by atoms with van der Waals surface area (Å²) in [6, 6.07) is 24.1. The average Bonchev–Trinajstić information content (AvgIpc) is 2.97. The fraction of sp³-hybridized carbons (Fsp3) is 0.267. The van der Waals surface area contributed by atoms with E-state index in [2.05, 4.69) is 34.7 Å². The molecule has 4 aromatic rings. The molecular formula is C30H30N4O4. The molecule has 2 heterocycles. The van der Waals surface area contributed by atoms with Crippen molar-refractivity contribution < 1.29 is 14.3 Å². The van der Waals surface area contributed by atoms with Crippen LogP contribution in [0.3, 0.4) is 0 Å². The molecule has 0 atom stereocenters. The van der Waals surface area contributed by atoms with Crippen LogP contribution in [0.15, 0.2) is 83.7 Å². The van der Waals surface area contributed by atoms with Crippen molar-refractivity contribution in [1.29, 1.82) is 0 Å². The molecule has 2 amide bonds. The number of ether oxygens (including phenoxy) is 1. The van der Waals surface area contributed by atoms with Crippen molar-refractivity contribution in [3.63, 3.8) is 0 Å². The molecule has 0 aliphatic carbocycles. The second-order valence-corrected chi connectivity index (χ2v) is 9.51. The van der Waals surface area contributed by atoms with E-state index in [-0.39, 0.29) is 23.7 Å². The van der Waals surface area contributed by atoms with Gasteiger partial charge in [-0.3, -0.25) is 14.4 Å². The first-order valence-electron chi connectivity index (χ1n) is 12.8. The average molecular weight is 511 g/mol. The number of piperidine rings is 1. The Labute approximate surface area is 220 Å². The Bertz CT molecular complexity index is 1490. The first kappa shape index (κ1) is 25.2. The van der Waals surface area contributed by atoms with Gasteiger partial charge in [0, 0.05) is 18.5 Å². The minimum atomic E-state index is -0.504. The number of nitrogens with zero attached hydrogens (tertiary/aromatic N) is 3. The molecule has 0 saturated carbocycles. The molecule has 3 aromatic carbocycles. The molecule has 1 N–H and O–H groups in total. The van der Waals surface area contributed by atoms with Crippen LogP contribution in [-0.4, -0.2) is 53.2 Å². The molecule has 0 bridgehead atoms. The molecule has 1 fully saturated rings. The highest BCUT2D eigenvalue weighted by Gasteiger charge is 2.24. The number of methoxy groups -OCH3 is 1. The lowest BCUT2D eigenvalue weighted by atomic mass is 9.90. The minimum Gasteiger partial charge on any atom is -0.497 e. The van der Waals surface area contributed by atoms with Crippen LogP contribution in [0.1, 0.15) is 28.9 Å². The SMILES string of the molecule is COc1ccc(-n2nc(C(=O)NCC(=O)N3CCC(Cc4ccccc4)CC3)c3ccccc3c2=O)cc1. The lowest BCUT2D eigenvalue weighted by molar-refractivity contribution is -0.131. The molecule has 1 saturated heterocycles. The summed E-state index contributed by atoms with van der Waals surface area (Å²) in [5, 5.41) is 7.93. The molecule has 0 spiro atoms. The van der Waals surface area contributed by atoms with Gasteiger partial charge in [-0.15, -0.1) is 0 Å². The second-order valence-electron chi connectivity index (χ2n) is 9.51. The van der Waals surface area contributed by atoms with E-state index in [9.17, 15) is 14.4 Å². The van der Waals surface area contributed by atoms with Gasteiger partial charge in [-0.2, -0.15) is 9.78 Å². The van der Waals surface area contributed by atoms with Gasteiger partial charge in [0.25, 0.3) is 11.5 Å². The van der Waals surface area contributed by atoms with Crippen LogP contribution in [0.4, 0.5) is 0 Å². The number of carbonyl (C=O) groups excluding carboxylic acids is 2. The monoisotopic (exact) mass is 510 g/mol. The largest absolute Gasteiger partial charge is 0.497 e. The molecule has 5 rings (SSSR count). The van der Waals surface area contributed by atoms with Gasteiger partial charge in [0.1, 0.15) is 5.75 Å². The Kier molecular flexibility index (Phi) is 7.49. The van der Waals surface area contributed by atoms with Crippen LogP contribution in [0, 0.1) is 5.92 Å². The zero-order valence-corrected chi connectivity index (χ0v) is 21.3. The number of aromatic nitrogens is 2. The summed E-state index contributed by atoms with van der Waals surface area (Å²) in [7, 11) is 1.56. The van der Waals surface area contributed by atoms with Crippen molar-refractivity contribution in [2.75, 3.05) is 26.7 Å². The van der Waals surface area contributed by atoms with Crippen LogP contribution in [0.5, 0.6) is 5.75 Å². The summed E-state index contributed by atoms with van der Waals surface area (Å²) in [4.78, 5) is 41.1. The highest BCUT2D eigenvalue weighted by molar-refractivity contribution is 6.05. The van der Waals surface area contributed by atoms with Gasteiger partial charge < -0.3 is 15.0 Å².